The van der Waals surface area contributed by atoms with E-state index in [-0.39, 0.29) is 33.7 Å². The number of ether oxygens (including phenoxy) is 1. The van der Waals surface area contributed by atoms with Crippen molar-refractivity contribution in [2.75, 3.05) is 11.4 Å². The zero-order valence-electron chi connectivity index (χ0n) is 15.5. The van der Waals surface area contributed by atoms with Crippen molar-refractivity contribution in [3.63, 3.8) is 0 Å². The number of hydrogen-bond donors (Lipinski definition) is 2. The fourth-order valence-corrected chi connectivity index (χ4v) is 3.48. The first-order valence-electron chi connectivity index (χ1n) is 8.65. The summed E-state index contributed by atoms with van der Waals surface area (Å²) in [4.78, 5) is 24.9. The average molecular weight is 462 g/mol. The first-order chi connectivity index (χ1) is 14.0. The molecule has 1 atom stereocenters. The highest BCUT2D eigenvalue weighted by Gasteiger charge is 2.40. The lowest BCUT2D eigenvalue weighted by molar-refractivity contribution is -0.122. The zero-order chi connectivity index (χ0) is 22.2. The van der Waals surface area contributed by atoms with Crippen LogP contribution in [0, 0.1) is 5.82 Å². The quantitative estimate of drug-likeness (QED) is 0.686. The maximum atomic E-state index is 13.9. The average Bonchev–Trinajstić information content (AvgIpc) is 2.62. The number of carbonyl (C=O) groups excluding carboxylic acids is 2. The first kappa shape index (κ1) is 22.0. The lowest BCUT2D eigenvalue weighted by atomic mass is 9.96. The van der Waals surface area contributed by atoms with Crippen molar-refractivity contribution in [1.82, 2.24) is 5.32 Å². The van der Waals surface area contributed by atoms with Crippen LogP contribution in [0.25, 0.3) is 0 Å². The lowest BCUT2D eigenvalue weighted by Gasteiger charge is -2.36. The molecule has 0 spiro atoms. The van der Waals surface area contributed by atoms with Gasteiger partial charge in [0.25, 0.3) is 5.92 Å². The van der Waals surface area contributed by atoms with Crippen molar-refractivity contribution >= 4 is 40.8 Å². The van der Waals surface area contributed by atoms with Gasteiger partial charge in [0.2, 0.25) is 5.91 Å². The summed E-state index contributed by atoms with van der Waals surface area (Å²) in [5.41, 5.74) is 5.48. The molecule has 6 nitrogen and oxygen atoms in total. The zero-order valence-corrected chi connectivity index (χ0v) is 17.0. The van der Waals surface area contributed by atoms with Gasteiger partial charge in [0, 0.05) is 19.4 Å². The minimum atomic E-state index is -3.28. The Hall–Kier alpha value is -2.65. The third-order valence-electron chi connectivity index (χ3n) is 4.28. The summed E-state index contributed by atoms with van der Waals surface area (Å²) in [6.45, 7) is -0.372. The highest BCUT2D eigenvalue weighted by Crippen LogP contribution is 2.45. The normalized spacial score (nSPS) is 16.3. The number of hydrogen-bond acceptors (Lipinski definition) is 3. The molecule has 1 aliphatic heterocycles. The monoisotopic (exact) mass is 461 g/mol. The van der Waals surface area contributed by atoms with E-state index in [0.29, 0.717) is 12.5 Å². The van der Waals surface area contributed by atoms with Gasteiger partial charge < -0.3 is 20.7 Å². The number of amides is 3. The number of nitrogens with one attached hydrogen (secondary N) is 1. The molecular weight excluding hydrogens is 446 g/mol. The predicted molar refractivity (Wildman–Crippen MR) is 106 cm³/mol. The number of urea groups is 1. The molecule has 0 aliphatic carbocycles. The van der Waals surface area contributed by atoms with Crippen molar-refractivity contribution in [3.05, 3.63) is 51.8 Å². The largest absolute Gasteiger partial charge is 0.452 e. The van der Waals surface area contributed by atoms with Crippen LogP contribution in [0.15, 0.2) is 30.3 Å². The molecular formula is C19H16Cl2F3N3O3. The minimum Gasteiger partial charge on any atom is -0.452 e. The van der Waals surface area contributed by atoms with Gasteiger partial charge in [-0.25, -0.2) is 18.0 Å². The van der Waals surface area contributed by atoms with E-state index >= 15 is 0 Å². The minimum absolute atomic E-state index is 0.00684. The molecule has 1 heterocycles. The molecule has 3 amide bonds. The molecule has 0 bridgehead atoms. The maximum absolute atomic E-state index is 13.9. The fraction of sp³-hybridized carbons (Fsp3) is 0.263. The highest BCUT2D eigenvalue weighted by atomic mass is 35.5. The fourth-order valence-electron chi connectivity index (χ4n) is 3.14. The summed E-state index contributed by atoms with van der Waals surface area (Å²) in [5, 5.41) is 2.29. The van der Waals surface area contributed by atoms with Crippen LogP contribution in [0.4, 0.5) is 23.7 Å². The summed E-state index contributed by atoms with van der Waals surface area (Å²) in [5.74, 6) is -5.00. The van der Waals surface area contributed by atoms with Crippen LogP contribution in [-0.2, 0) is 11.2 Å². The second-order valence-electron chi connectivity index (χ2n) is 6.82. The Bertz CT molecular complexity index is 1010. The van der Waals surface area contributed by atoms with E-state index in [2.05, 4.69) is 5.32 Å². The van der Waals surface area contributed by atoms with Crippen LogP contribution < -0.4 is 20.7 Å². The molecule has 0 unspecified atom stereocenters. The summed E-state index contributed by atoms with van der Waals surface area (Å²) in [6, 6.07) is 4.19. The number of benzene rings is 2. The number of primary amides is 1. The molecule has 0 radical (unpaired) electrons. The van der Waals surface area contributed by atoms with E-state index in [4.69, 9.17) is 33.7 Å². The van der Waals surface area contributed by atoms with Gasteiger partial charge in [0.05, 0.1) is 22.3 Å². The van der Waals surface area contributed by atoms with Gasteiger partial charge in [-0.2, -0.15) is 0 Å². The SMILES string of the molecule is CC(F)(F)CN1C(=O)[C@H](NC(N)=O)Cc2ccc(Cl)c(Oc3cc(F)ccc3Cl)c21. The Morgan fingerprint density at radius 3 is 2.60 bits per heavy atom. The van der Waals surface area contributed by atoms with Crippen molar-refractivity contribution in [3.8, 4) is 11.5 Å². The van der Waals surface area contributed by atoms with Crippen LogP contribution in [0.2, 0.25) is 10.0 Å². The van der Waals surface area contributed by atoms with Crippen molar-refractivity contribution < 1.29 is 27.5 Å². The Balaban J connectivity index is 2.14. The topological polar surface area (TPSA) is 84.7 Å². The van der Waals surface area contributed by atoms with Crippen LogP contribution in [0.5, 0.6) is 11.5 Å². The Kier molecular flexibility index (Phi) is 6.05. The third-order valence-corrected chi connectivity index (χ3v) is 4.89. The van der Waals surface area contributed by atoms with Crippen LogP contribution in [0.1, 0.15) is 12.5 Å². The molecule has 2 aromatic carbocycles. The van der Waals surface area contributed by atoms with Gasteiger partial charge in [-0.15, -0.1) is 0 Å². The van der Waals surface area contributed by atoms with Gasteiger partial charge in [-0.1, -0.05) is 29.3 Å². The summed E-state index contributed by atoms with van der Waals surface area (Å²) in [6.07, 6.45) is -0.0344. The molecule has 1 aliphatic rings. The second kappa shape index (κ2) is 8.23. The van der Waals surface area contributed by atoms with E-state index in [9.17, 15) is 22.8 Å². The molecule has 0 fully saturated rings. The number of nitrogens with zero attached hydrogens (tertiary/aromatic N) is 1. The summed E-state index contributed by atoms with van der Waals surface area (Å²) < 4.78 is 47.1. The Labute approximate surface area is 179 Å². The number of halogens is 5. The van der Waals surface area contributed by atoms with Crippen molar-refractivity contribution in [2.24, 2.45) is 5.73 Å². The number of rotatable bonds is 5. The lowest BCUT2D eigenvalue weighted by Crippen LogP contribution is -2.56. The van der Waals surface area contributed by atoms with E-state index in [1.165, 1.54) is 18.2 Å². The van der Waals surface area contributed by atoms with Gasteiger partial charge >= 0.3 is 6.03 Å². The number of anilines is 1. The molecule has 3 rings (SSSR count). The molecule has 0 aromatic heterocycles. The second-order valence-corrected chi connectivity index (χ2v) is 7.64. The number of carbonyl (C=O) groups is 2. The smallest absolute Gasteiger partial charge is 0.312 e. The number of alkyl halides is 2. The van der Waals surface area contributed by atoms with E-state index in [1.807, 2.05) is 0 Å². The third kappa shape index (κ3) is 4.73. The van der Waals surface area contributed by atoms with E-state index < -0.39 is 36.3 Å². The maximum Gasteiger partial charge on any atom is 0.312 e. The van der Waals surface area contributed by atoms with Gasteiger partial charge in [0.1, 0.15) is 17.6 Å². The summed E-state index contributed by atoms with van der Waals surface area (Å²) in [7, 11) is 0. The molecule has 0 saturated carbocycles. The molecule has 160 valence electrons. The van der Waals surface area contributed by atoms with Crippen molar-refractivity contribution in [1.29, 1.82) is 0 Å². The Morgan fingerprint density at radius 1 is 1.30 bits per heavy atom. The number of nitrogens with two attached hydrogens (primary N) is 1. The van der Waals surface area contributed by atoms with Gasteiger partial charge in [-0.05, 0) is 23.8 Å². The highest BCUT2D eigenvalue weighted by molar-refractivity contribution is 6.33. The van der Waals surface area contributed by atoms with Crippen LogP contribution >= 0.6 is 23.2 Å². The molecule has 30 heavy (non-hydrogen) atoms. The van der Waals surface area contributed by atoms with E-state index in [1.54, 1.807) is 0 Å². The van der Waals surface area contributed by atoms with E-state index in [0.717, 1.165) is 17.0 Å². The summed E-state index contributed by atoms with van der Waals surface area (Å²) >= 11 is 12.3. The molecule has 2 aromatic rings. The van der Waals surface area contributed by atoms with Gasteiger partial charge in [0.15, 0.2) is 5.75 Å². The molecule has 0 saturated heterocycles. The van der Waals surface area contributed by atoms with Crippen LogP contribution in [-0.4, -0.2) is 30.4 Å². The predicted octanol–water partition coefficient (Wildman–Crippen LogP) is 4.51. The standard InChI is InChI=1S/C19H16Cl2F3N3O3/c1-19(23,24)8-27-15-9(6-13(17(27)28)26-18(25)29)2-4-12(21)16(15)30-14-7-10(22)3-5-11(14)20/h2-5,7,13H,6,8H2,1H3,(H3,25,26,29)/t13-/m1/s1. The van der Waals surface area contributed by atoms with Crippen molar-refractivity contribution in [2.45, 2.75) is 25.3 Å². The van der Waals surface area contributed by atoms with Crippen LogP contribution in [0.3, 0.4) is 0 Å². The Morgan fingerprint density at radius 2 is 1.97 bits per heavy atom. The first-order valence-corrected chi connectivity index (χ1v) is 9.41. The molecule has 3 N–H and O–H groups in total. The van der Waals surface area contributed by atoms with Gasteiger partial charge in [-0.3, -0.25) is 4.79 Å². The molecule has 11 heteroatoms. The number of fused-ring (bicyclic) bond motifs is 1.